The molecular formula is C24H24O5. The summed E-state index contributed by atoms with van der Waals surface area (Å²) in [5, 5.41) is 10.5. The lowest BCUT2D eigenvalue weighted by Crippen LogP contribution is -2.14. The maximum absolute atomic E-state index is 10.5. The maximum Gasteiger partial charge on any atom is 0.224 e. The van der Waals surface area contributed by atoms with Crippen LogP contribution in [0.15, 0.2) is 54.6 Å². The Balaban J connectivity index is 1.69. The second-order valence-electron chi connectivity index (χ2n) is 6.85. The van der Waals surface area contributed by atoms with Crippen LogP contribution in [-0.4, -0.2) is 19.3 Å². The van der Waals surface area contributed by atoms with Crippen molar-refractivity contribution in [3.05, 3.63) is 71.3 Å². The van der Waals surface area contributed by atoms with E-state index in [1.807, 2.05) is 42.5 Å². The predicted octanol–water partition coefficient (Wildman–Crippen LogP) is 4.90. The van der Waals surface area contributed by atoms with Crippen molar-refractivity contribution < 1.29 is 24.1 Å². The van der Waals surface area contributed by atoms with Crippen LogP contribution in [0.2, 0.25) is 0 Å². The smallest absolute Gasteiger partial charge is 0.224 e. The van der Waals surface area contributed by atoms with Crippen molar-refractivity contribution in [1.82, 2.24) is 0 Å². The molecule has 1 heterocycles. The van der Waals surface area contributed by atoms with Crippen LogP contribution in [0, 0.1) is 0 Å². The van der Waals surface area contributed by atoms with Crippen LogP contribution in [0.1, 0.15) is 29.9 Å². The van der Waals surface area contributed by atoms with Gasteiger partial charge < -0.3 is 24.1 Å². The van der Waals surface area contributed by atoms with Crippen LogP contribution in [-0.2, 0) is 13.0 Å². The third-order valence-corrected chi connectivity index (χ3v) is 5.16. The van der Waals surface area contributed by atoms with Gasteiger partial charge in [-0.05, 0) is 35.7 Å². The summed E-state index contributed by atoms with van der Waals surface area (Å²) in [7, 11) is 3.24. The van der Waals surface area contributed by atoms with Gasteiger partial charge >= 0.3 is 0 Å². The number of aliphatic hydroxyl groups excluding tert-OH is 1. The highest BCUT2D eigenvalue weighted by Gasteiger charge is 2.27. The molecule has 1 aliphatic heterocycles. The molecule has 3 aromatic carbocycles. The van der Waals surface area contributed by atoms with E-state index in [1.165, 1.54) is 0 Å². The predicted molar refractivity (Wildman–Crippen MR) is 111 cm³/mol. The lowest BCUT2D eigenvalue weighted by Gasteiger charge is -2.27. The van der Waals surface area contributed by atoms with Crippen molar-refractivity contribution in [1.29, 1.82) is 0 Å². The van der Waals surface area contributed by atoms with Crippen molar-refractivity contribution >= 4 is 0 Å². The van der Waals surface area contributed by atoms with Crippen molar-refractivity contribution in [3.63, 3.8) is 0 Å². The molecule has 1 aliphatic rings. The van der Waals surface area contributed by atoms with Crippen LogP contribution in [0.25, 0.3) is 11.1 Å². The SMILES string of the molecule is CCc1ccc2c(c1)C(O)Oc1cc(OCc3ccccc3OC)c(OC)cc1-2. The topological polar surface area (TPSA) is 57.2 Å². The number of hydrogen-bond donors (Lipinski definition) is 1. The summed E-state index contributed by atoms with van der Waals surface area (Å²) in [6.07, 6.45) is -0.120. The monoisotopic (exact) mass is 392 g/mol. The van der Waals surface area contributed by atoms with Gasteiger partial charge in [-0.25, -0.2) is 0 Å². The Bertz CT molecular complexity index is 1030. The Hall–Kier alpha value is -3.18. The van der Waals surface area contributed by atoms with Crippen molar-refractivity contribution in [2.24, 2.45) is 0 Å². The Morgan fingerprint density at radius 2 is 1.69 bits per heavy atom. The van der Waals surface area contributed by atoms with Crippen LogP contribution in [0.4, 0.5) is 0 Å². The van der Waals surface area contributed by atoms with Crippen LogP contribution in [0.5, 0.6) is 23.0 Å². The van der Waals surface area contributed by atoms with E-state index in [-0.39, 0.29) is 0 Å². The first-order valence-electron chi connectivity index (χ1n) is 9.59. The molecule has 0 aliphatic carbocycles. The van der Waals surface area contributed by atoms with Crippen LogP contribution >= 0.6 is 0 Å². The van der Waals surface area contributed by atoms with E-state index >= 15 is 0 Å². The molecule has 0 saturated heterocycles. The van der Waals surface area contributed by atoms with Gasteiger partial charge in [-0.2, -0.15) is 0 Å². The first-order chi connectivity index (χ1) is 14.1. The van der Waals surface area contributed by atoms with E-state index < -0.39 is 6.29 Å². The third-order valence-electron chi connectivity index (χ3n) is 5.16. The molecule has 1 N–H and O–H groups in total. The molecule has 3 aromatic rings. The number of aliphatic hydroxyl groups is 1. The molecule has 150 valence electrons. The molecular weight excluding hydrogens is 368 g/mol. The highest BCUT2D eigenvalue weighted by atomic mass is 16.6. The molecule has 0 bridgehead atoms. The van der Waals surface area contributed by atoms with Crippen molar-refractivity contribution in [2.45, 2.75) is 26.2 Å². The maximum atomic E-state index is 10.5. The van der Waals surface area contributed by atoms with Gasteiger partial charge in [0.25, 0.3) is 0 Å². The van der Waals surface area contributed by atoms with E-state index in [9.17, 15) is 5.11 Å². The number of fused-ring (bicyclic) bond motifs is 3. The van der Waals surface area contributed by atoms with Crippen LogP contribution in [0.3, 0.4) is 0 Å². The lowest BCUT2D eigenvalue weighted by atomic mass is 9.93. The molecule has 0 spiro atoms. The van der Waals surface area contributed by atoms with Gasteiger partial charge in [0.15, 0.2) is 11.5 Å². The fraction of sp³-hybridized carbons (Fsp3) is 0.250. The number of hydrogen-bond acceptors (Lipinski definition) is 5. The van der Waals surface area contributed by atoms with Crippen molar-refractivity contribution in [2.75, 3.05) is 14.2 Å². The standard InChI is InChI=1S/C24H24O5/c1-4-15-9-10-17-18-12-22(27-3)23(13-21(18)29-24(25)19(17)11-15)28-14-16-7-5-6-8-20(16)26-2/h5-13,24-25H,4,14H2,1-3H3. The van der Waals surface area contributed by atoms with Gasteiger partial charge in [-0.1, -0.05) is 37.3 Å². The molecule has 0 saturated carbocycles. The molecule has 0 fully saturated rings. The van der Waals surface area contributed by atoms with Gasteiger partial charge in [-0.15, -0.1) is 0 Å². The number of ether oxygens (including phenoxy) is 4. The fourth-order valence-electron chi connectivity index (χ4n) is 3.56. The quantitative estimate of drug-likeness (QED) is 0.647. The van der Waals surface area contributed by atoms with Crippen molar-refractivity contribution in [3.8, 4) is 34.1 Å². The number of aryl methyl sites for hydroxylation is 1. The van der Waals surface area contributed by atoms with Gasteiger partial charge in [0.1, 0.15) is 18.1 Å². The minimum absolute atomic E-state index is 0.318. The number of benzene rings is 3. The summed E-state index contributed by atoms with van der Waals surface area (Å²) in [5.41, 5.74) is 4.65. The average Bonchev–Trinajstić information content (AvgIpc) is 2.77. The molecule has 1 unspecified atom stereocenters. The summed E-state index contributed by atoms with van der Waals surface area (Å²) in [5.74, 6) is 2.46. The number of methoxy groups -OCH3 is 2. The molecule has 1 atom stereocenters. The number of para-hydroxylation sites is 1. The molecule has 0 amide bonds. The Labute approximate surface area is 170 Å². The molecule has 0 radical (unpaired) electrons. The Morgan fingerprint density at radius 1 is 0.897 bits per heavy atom. The first kappa shape index (κ1) is 19.2. The van der Waals surface area contributed by atoms with E-state index in [4.69, 9.17) is 18.9 Å². The van der Waals surface area contributed by atoms with E-state index in [1.54, 1.807) is 20.3 Å². The molecule has 0 aromatic heterocycles. The van der Waals surface area contributed by atoms with Gasteiger partial charge in [0.2, 0.25) is 6.29 Å². The summed E-state index contributed by atoms with van der Waals surface area (Å²) < 4.78 is 22.8. The van der Waals surface area contributed by atoms with Crippen LogP contribution < -0.4 is 18.9 Å². The van der Waals surface area contributed by atoms with E-state index in [0.717, 1.165) is 40.0 Å². The normalized spacial score (nSPS) is 14.4. The summed E-state index contributed by atoms with van der Waals surface area (Å²) in [6, 6.07) is 17.4. The van der Waals surface area contributed by atoms with Gasteiger partial charge in [0, 0.05) is 22.8 Å². The zero-order chi connectivity index (χ0) is 20.4. The molecule has 4 rings (SSSR count). The summed E-state index contributed by atoms with van der Waals surface area (Å²) in [4.78, 5) is 0. The highest BCUT2D eigenvalue weighted by Crippen LogP contribution is 2.47. The largest absolute Gasteiger partial charge is 0.496 e. The molecule has 5 nitrogen and oxygen atoms in total. The first-order valence-corrected chi connectivity index (χ1v) is 9.59. The fourth-order valence-corrected chi connectivity index (χ4v) is 3.56. The summed E-state index contributed by atoms with van der Waals surface area (Å²) in [6.45, 7) is 2.40. The highest BCUT2D eigenvalue weighted by molar-refractivity contribution is 5.78. The van der Waals surface area contributed by atoms with Gasteiger partial charge in [-0.3, -0.25) is 0 Å². The van der Waals surface area contributed by atoms with E-state index in [0.29, 0.717) is 23.9 Å². The third kappa shape index (κ3) is 3.61. The van der Waals surface area contributed by atoms with E-state index in [2.05, 4.69) is 13.0 Å². The molecule has 5 heteroatoms. The minimum Gasteiger partial charge on any atom is -0.496 e. The second kappa shape index (κ2) is 8.05. The Morgan fingerprint density at radius 3 is 2.45 bits per heavy atom. The zero-order valence-electron chi connectivity index (χ0n) is 16.8. The minimum atomic E-state index is -1.01. The zero-order valence-corrected chi connectivity index (χ0v) is 16.8. The average molecular weight is 392 g/mol. The number of rotatable bonds is 6. The van der Waals surface area contributed by atoms with Gasteiger partial charge in [0.05, 0.1) is 14.2 Å². The second-order valence-corrected chi connectivity index (χ2v) is 6.85. The molecule has 29 heavy (non-hydrogen) atoms. The lowest BCUT2D eigenvalue weighted by molar-refractivity contribution is -0.0215. The summed E-state index contributed by atoms with van der Waals surface area (Å²) >= 11 is 0. The Kier molecular flexibility index (Phi) is 5.32.